The Hall–Kier alpha value is -2.47. The van der Waals surface area contributed by atoms with Crippen LogP contribution in [0.1, 0.15) is 39.8 Å². The zero-order valence-electron chi connectivity index (χ0n) is 13.3. The molecule has 2 aromatic rings. The molecule has 0 bridgehead atoms. The molecule has 3 rings (SSSR count). The quantitative estimate of drug-likeness (QED) is 0.868. The Morgan fingerprint density at radius 2 is 1.92 bits per heavy atom. The predicted octanol–water partition coefficient (Wildman–Crippen LogP) is 3.19. The van der Waals surface area contributed by atoms with Gasteiger partial charge in [0.1, 0.15) is 6.04 Å². The fourth-order valence-electron chi connectivity index (χ4n) is 2.84. The SMILES string of the molecule is CC(=O)c1ccc(NC(=O)C2CCCN2C(=O)c2cccs2)cc1. The van der Waals surface area contributed by atoms with Gasteiger partial charge >= 0.3 is 0 Å². The molecule has 1 unspecified atom stereocenters. The summed E-state index contributed by atoms with van der Waals surface area (Å²) in [6.07, 6.45) is 1.48. The van der Waals surface area contributed by atoms with E-state index >= 15 is 0 Å². The second-order valence-corrected chi connectivity index (χ2v) is 6.70. The number of ketones is 1. The molecule has 0 spiro atoms. The van der Waals surface area contributed by atoms with Crippen molar-refractivity contribution in [3.8, 4) is 0 Å². The number of carbonyl (C=O) groups is 3. The molecule has 24 heavy (non-hydrogen) atoms. The maximum absolute atomic E-state index is 12.5. The van der Waals surface area contributed by atoms with Crippen molar-refractivity contribution in [2.45, 2.75) is 25.8 Å². The minimum atomic E-state index is -0.452. The number of anilines is 1. The smallest absolute Gasteiger partial charge is 0.264 e. The Morgan fingerprint density at radius 3 is 2.54 bits per heavy atom. The summed E-state index contributed by atoms with van der Waals surface area (Å²) in [5, 5.41) is 4.70. The van der Waals surface area contributed by atoms with E-state index in [-0.39, 0.29) is 17.6 Å². The normalized spacial score (nSPS) is 16.9. The first kappa shape index (κ1) is 16.4. The number of rotatable bonds is 4. The van der Waals surface area contributed by atoms with Gasteiger partial charge in [0.05, 0.1) is 4.88 Å². The molecule has 1 atom stereocenters. The standard InChI is InChI=1S/C18H18N2O3S/c1-12(21)13-6-8-14(9-7-13)19-17(22)15-4-2-10-20(15)18(23)16-5-3-11-24-16/h3,5-9,11,15H,2,4,10H2,1H3,(H,19,22). The average molecular weight is 342 g/mol. The molecule has 1 aliphatic heterocycles. The van der Waals surface area contributed by atoms with Crippen LogP contribution >= 0.6 is 11.3 Å². The van der Waals surface area contributed by atoms with Gasteiger partial charge in [-0.3, -0.25) is 14.4 Å². The van der Waals surface area contributed by atoms with E-state index in [9.17, 15) is 14.4 Å². The van der Waals surface area contributed by atoms with Gasteiger partial charge in [-0.1, -0.05) is 6.07 Å². The van der Waals surface area contributed by atoms with Gasteiger partial charge in [0.15, 0.2) is 5.78 Å². The maximum atomic E-state index is 12.5. The summed E-state index contributed by atoms with van der Waals surface area (Å²) < 4.78 is 0. The Labute approximate surface area is 144 Å². The molecule has 124 valence electrons. The molecule has 2 amide bonds. The molecule has 1 fully saturated rings. The zero-order chi connectivity index (χ0) is 17.1. The summed E-state index contributed by atoms with van der Waals surface area (Å²) in [4.78, 5) is 38.6. The van der Waals surface area contributed by atoms with E-state index in [1.165, 1.54) is 18.3 Å². The van der Waals surface area contributed by atoms with Crippen LogP contribution in [0.5, 0.6) is 0 Å². The topological polar surface area (TPSA) is 66.5 Å². The summed E-state index contributed by atoms with van der Waals surface area (Å²) >= 11 is 1.39. The van der Waals surface area contributed by atoms with Crippen molar-refractivity contribution in [2.75, 3.05) is 11.9 Å². The van der Waals surface area contributed by atoms with Crippen LogP contribution in [-0.2, 0) is 4.79 Å². The number of Topliss-reactive ketones (excluding diaryl/α,β-unsaturated/α-hetero) is 1. The van der Waals surface area contributed by atoms with Gasteiger partial charge in [-0.2, -0.15) is 0 Å². The highest BCUT2D eigenvalue weighted by atomic mass is 32.1. The molecule has 0 aliphatic carbocycles. The van der Waals surface area contributed by atoms with Crippen LogP contribution in [0.25, 0.3) is 0 Å². The lowest BCUT2D eigenvalue weighted by atomic mass is 10.1. The number of nitrogens with zero attached hydrogens (tertiary/aromatic N) is 1. The van der Waals surface area contributed by atoms with Gasteiger partial charge in [-0.15, -0.1) is 11.3 Å². The van der Waals surface area contributed by atoms with Crippen LogP contribution in [0.15, 0.2) is 41.8 Å². The number of likely N-dealkylation sites (tertiary alicyclic amines) is 1. The van der Waals surface area contributed by atoms with E-state index in [0.29, 0.717) is 29.1 Å². The van der Waals surface area contributed by atoms with E-state index in [1.54, 1.807) is 35.2 Å². The summed E-state index contributed by atoms with van der Waals surface area (Å²) in [5.41, 5.74) is 1.23. The van der Waals surface area contributed by atoms with Crippen molar-refractivity contribution >= 4 is 34.6 Å². The summed E-state index contributed by atoms with van der Waals surface area (Å²) in [6.45, 7) is 2.10. The van der Waals surface area contributed by atoms with Crippen molar-refractivity contribution in [1.82, 2.24) is 4.90 Å². The highest BCUT2D eigenvalue weighted by Crippen LogP contribution is 2.23. The molecular formula is C18H18N2O3S. The lowest BCUT2D eigenvalue weighted by Gasteiger charge is -2.23. The Bertz CT molecular complexity index is 753. The van der Waals surface area contributed by atoms with Gasteiger partial charge in [0.25, 0.3) is 5.91 Å². The molecule has 1 aliphatic rings. The number of amides is 2. The van der Waals surface area contributed by atoms with E-state index in [0.717, 1.165) is 6.42 Å². The first-order valence-electron chi connectivity index (χ1n) is 7.82. The van der Waals surface area contributed by atoms with E-state index in [1.807, 2.05) is 11.4 Å². The summed E-state index contributed by atoms with van der Waals surface area (Å²) in [7, 11) is 0. The number of hydrogen-bond donors (Lipinski definition) is 1. The fraction of sp³-hybridized carbons (Fsp3) is 0.278. The number of benzene rings is 1. The van der Waals surface area contributed by atoms with Crippen LogP contribution in [0.3, 0.4) is 0 Å². The molecule has 1 aromatic carbocycles. The molecule has 1 saturated heterocycles. The van der Waals surface area contributed by atoms with Crippen molar-refractivity contribution < 1.29 is 14.4 Å². The van der Waals surface area contributed by atoms with Gasteiger partial charge < -0.3 is 10.2 Å². The zero-order valence-corrected chi connectivity index (χ0v) is 14.1. The monoisotopic (exact) mass is 342 g/mol. The fourth-order valence-corrected chi connectivity index (χ4v) is 3.52. The minimum absolute atomic E-state index is 0.0172. The minimum Gasteiger partial charge on any atom is -0.326 e. The third kappa shape index (κ3) is 3.38. The first-order chi connectivity index (χ1) is 11.6. The lowest BCUT2D eigenvalue weighted by molar-refractivity contribution is -0.119. The highest BCUT2D eigenvalue weighted by Gasteiger charge is 2.34. The summed E-state index contributed by atoms with van der Waals surface area (Å²) in [6, 6.07) is 9.93. The first-order valence-corrected chi connectivity index (χ1v) is 8.70. The predicted molar refractivity (Wildman–Crippen MR) is 93.5 cm³/mol. The van der Waals surface area contributed by atoms with Crippen LogP contribution in [-0.4, -0.2) is 35.1 Å². The Balaban J connectivity index is 1.69. The van der Waals surface area contributed by atoms with Crippen molar-refractivity contribution in [1.29, 1.82) is 0 Å². The second kappa shape index (κ2) is 6.97. The third-order valence-corrected chi connectivity index (χ3v) is 4.97. The molecule has 0 radical (unpaired) electrons. The number of thiophene rings is 1. The van der Waals surface area contributed by atoms with Gasteiger partial charge in [-0.05, 0) is 55.5 Å². The molecular weight excluding hydrogens is 324 g/mol. The highest BCUT2D eigenvalue weighted by molar-refractivity contribution is 7.12. The summed E-state index contributed by atoms with van der Waals surface area (Å²) in [5.74, 6) is -0.293. The van der Waals surface area contributed by atoms with Crippen LogP contribution in [0, 0.1) is 0 Å². The molecule has 5 nitrogen and oxygen atoms in total. The largest absolute Gasteiger partial charge is 0.326 e. The van der Waals surface area contributed by atoms with Crippen LogP contribution in [0.2, 0.25) is 0 Å². The maximum Gasteiger partial charge on any atom is 0.264 e. The molecule has 0 saturated carbocycles. The molecule has 1 aromatic heterocycles. The van der Waals surface area contributed by atoms with Crippen LogP contribution < -0.4 is 5.32 Å². The van der Waals surface area contributed by atoms with Crippen molar-refractivity contribution in [2.24, 2.45) is 0 Å². The molecule has 2 heterocycles. The Morgan fingerprint density at radius 1 is 1.17 bits per heavy atom. The average Bonchev–Trinajstić information content (AvgIpc) is 3.26. The van der Waals surface area contributed by atoms with Gasteiger partial charge in [0.2, 0.25) is 5.91 Å². The van der Waals surface area contributed by atoms with Crippen LogP contribution in [0.4, 0.5) is 5.69 Å². The van der Waals surface area contributed by atoms with Crippen molar-refractivity contribution in [3.63, 3.8) is 0 Å². The third-order valence-electron chi connectivity index (χ3n) is 4.11. The lowest BCUT2D eigenvalue weighted by Crippen LogP contribution is -2.42. The number of hydrogen-bond acceptors (Lipinski definition) is 4. The number of carbonyl (C=O) groups excluding carboxylic acids is 3. The molecule has 1 N–H and O–H groups in total. The van der Waals surface area contributed by atoms with E-state index in [4.69, 9.17) is 0 Å². The Kier molecular flexibility index (Phi) is 4.76. The second-order valence-electron chi connectivity index (χ2n) is 5.76. The van der Waals surface area contributed by atoms with Gasteiger partial charge in [0, 0.05) is 17.8 Å². The van der Waals surface area contributed by atoms with Gasteiger partial charge in [-0.25, -0.2) is 0 Å². The van der Waals surface area contributed by atoms with E-state index < -0.39 is 6.04 Å². The molecule has 6 heteroatoms. The van der Waals surface area contributed by atoms with E-state index in [2.05, 4.69) is 5.32 Å². The van der Waals surface area contributed by atoms with Crippen molar-refractivity contribution in [3.05, 3.63) is 52.2 Å². The number of nitrogens with one attached hydrogen (secondary N) is 1.